The number of carboxylic acids is 1. The Hall–Kier alpha value is -3.37. The summed E-state index contributed by atoms with van der Waals surface area (Å²) >= 11 is 1.75. The van der Waals surface area contributed by atoms with E-state index in [9.17, 15) is 14.7 Å². The minimum Gasteiger partial charge on any atom is -0.494 e. The van der Waals surface area contributed by atoms with Gasteiger partial charge < -0.3 is 29.6 Å². The lowest BCUT2D eigenvalue weighted by Crippen LogP contribution is -2.52. The Kier molecular flexibility index (Phi) is 5.53. The number of fused-ring (bicyclic) bond motifs is 2. The molecular formula is C26H29N5O4S. The lowest BCUT2D eigenvalue weighted by molar-refractivity contribution is -0.143. The van der Waals surface area contributed by atoms with Crippen LogP contribution in [-0.2, 0) is 18.4 Å². The van der Waals surface area contributed by atoms with Gasteiger partial charge in [0.25, 0.3) is 5.91 Å². The third-order valence-corrected chi connectivity index (χ3v) is 8.48. The standard InChI is InChI=1S/C26H29N5O4S/c1-29-22-19(28-23(29)20-10-15-6-8-36-25(15)31(20)12-14-3-4-14)9-16(11-21(22)35-2)24(32)30-7-5-17(26(33)34)18(27)13-30/h6,8-11,14,17-18H,3-5,7,12-13,27H2,1-2H3,(H,33,34)/t17-,18+/m1/s1. The first-order valence-electron chi connectivity index (χ1n) is 12.2. The van der Waals surface area contributed by atoms with Crippen molar-refractivity contribution in [3.63, 3.8) is 0 Å². The number of piperidine rings is 1. The first-order chi connectivity index (χ1) is 17.4. The van der Waals surface area contributed by atoms with Crippen molar-refractivity contribution in [2.75, 3.05) is 20.2 Å². The fourth-order valence-electron chi connectivity index (χ4n) is 5.37. The number of nitrogens with zero attached hydrogens (tertiary/aromatic N) is 4. The zero-order valence-corrected chi connectivity index (χ0v) is 21.1. The van der Waals surface area contributed by atoms with E-state index in [0.29, 0.717) is 35.7 Å². The highest BCUT2D eigenvalue weighted by molar-refractivity contribution is 7.16. The molecule has 9 nitrogen and oxygen atoms in total. The predicted molar refractivity (Wildman–Crippen MR) is 138 cm³/mol. The second-order valence-corrected chi connectivity index (χ2v) is 10.8. The molecule has 10 heteroatoms. The van der Waals surface area contributed by atoms with Crippen molar-refractivity contribution in [3.8, 4) is 17.3 Å². The van der Waals surface area contributed by atoms with Gasteiger partial charge in [-0.25, -0.2) is 4.98 Å². The predicted octanol–water partition coefficient (Wildman–Crippen LogP) is 3.55. The lowest BCUT2D eigenvalue weighted by Gasteiger charge is -2.34. The zero-order chi connectivity index (χ0) is 25.1. The number of hydrogen-bond acceptors (Lipinski definition) is 6. The van der Waals surface area contributed by atoms with Crippen LogP contribution in [0.3, 0.4) is 0 Å². The number of aromatic nitrogens is 3. The Bertz CT molecular complexity index is 1500. The maximum absolute atomic E-state index is 13.4. The van der Waals surface area contributed by atoms with Gasteiger partial charge in [0.1, 0.15) is 16.1 Å². The molecule has 6 rings (SSSR count). The van der Waals surface area contributed by atoms with Crippen LogP contribution in [-0.4, -0.2) is 62.2 Å². The Balaban J connectivity index is 1.39. The normalized spacial score (nSPS) is 20.4. The van der Waals surface area contributed by atoms with Gasteiger partial charge in [0, 0.05) is 43.7 Å². The number of aryl methyl sites for hydroxylation is 1. The van der Waals surface area contributed by atoms with E-state index in [2.05, 4.69) is 22.1 Å². The molecule has 4 heterocycles. The summed E-state index contributed by atoms with van der Waals surface area (Å²) < 4.78 is 10.1. The van der Waals surface area contributed by atoms with Crippen molar-refractivity contribution in [2.24, 2.45) is 24.6 Å². The maximum atomic E-state index is 13.4. The van der Waals surface area contributed by atoms with E-state index in [1.807, 2.05) is 11.6 Å². The number of rotatable bonds is 6. The second kappa shape index (κ2) is 8.63. The molecule has 0 bridgehead atoms. The molecule has 0 unspecified atom stereocenters. The zero-order valence-electron chi connectivity index (χ0n) is 20.3. The van der Waals surface area contributed by atoms with Gasteiger partial charge in [-0.1, -0.05) is 0 Å². The third-order valence-electron chi connectivity index (χ3n) is 7.53. The minimum absolute atomic E-state index is 0.195. The van der Waals surface area contributed by atoms with Crippen LogP contribution in [0.25, 0.3) is 32.8 Å². The van der Waals surface area contributed by atoms with Crippen molar-refractivity contribution < 1.29 is 19.4 Å². The van der Waals surface area contributed by atoms with E-state index in [1.165, 1.54) is 23.1 Å². The summed E-state index contributed by atoms with van der Waals surface area (Å²) in [5.41, 5.74) is 9.12. The second-order valence-electron chi connectivity index (χ2n) is 9.95. The summed E-state index contributed by atoms with van der Waals surface area (Å²) in [5, 5.41) is 12.7. The van der Waals surface area contributed by atoms with Gasteiger partial charge >= 0.3 is 5.97 Å². The molecule has 0 radical (unpaired) electrons. The number of amides is 1. The lowest BCUT2D eigenvalue weighted by atomic mass is 9.92. The molecule has 36 heavy (non-hydrogen) atoms. The molecular weight excluding hydrogens is 478 g/mol. The number of nitrogens with two attached hydrogens (primary N) is 1. The fraction of sp³-hybridized carbons (Fsp3) is 0.423. The van der Waals surface area contributed by atoms with Gasteiger partial charge in [-0.3, -0.25) is 9.59 Å². The summed E-state index contributed by atoms with van der Waals surface area (Å²) in [6.45, 7) is 1.54. The van der Waals surface area contributed by atoms with Crippen LogP contribution in [0.2, 0.25) is 0 Å². The molecule has 0 spiro atoms. The molecule has 1 saturated heterocycles. The number of carbonyl (C=O) groups is 2. The van der Waals surface area contributed by atoms with Crippen molar-refractivity contribution in [3.05, 3.63) is 35.2 Å². The number of hydrogen-bond donors (Lipinski definition) is 2. The highest BCUT2D eigenvalue weighted by Gasteiger charge is 2.34. The van der Waals surface area contributed by atoms with Crippen molar-refractivity contribution >= 4 is 44.5 Å². The number of methoxy groups -OCH3 is 1. The maximum Gasteiger partial charge on any atom is 0.308 e. The molecule has 2 atom stereocenters. The molecule has 188 valence electrons. The summed E-state index contributed by atoms with van der Waals surface area (Å²) in [4.78, 5) is 32.7. The molecule has 3 aromatic heterocycles. The van der Waals surface area contributed by atoms with Gasteiger partial charge in [0.15, 0.2) is 5.82 Å². The summed E-state index contributed by atoms with van der Waals surface area (Å²) in [6.07, 6.45) is 2.86. The van der Waals surface area contributed by atoms with Crippen LogP contribution in [0.5, 0.6) is 5.75 Å². The molecule has 1 aromatic carbocycles. The summed E-state index contributed by atoms with van der Waals surface area (Å²) in [7, 11) is 3.57. The van der Waals surface area contributed by atoms with Crippen LogP contribution in [0.4, 0.5) is 0 Å². The van der Waals surface area contributed by atoms with E-state index >= 15 is 0 Å². The number of ether oxygens (including phenoxy) is 1. The van der Waals surface area contributed by atoms with Gasteiger partial charge in [-0.05, 0) is 54.8 Å². The average Bonchev–Trinajstić information content (AvgIpc) is 3.31. The van der Waals surface area contributed by atoms with Gasteiger partial charge in [0.2, 0.25) is 0 Å². The van der Waals surface area contributed by atoms with E-state index < -0.39 is 17.9 Å². The van der Waals surface area contributed by atoms with E-state index in [-0.39, 0.29) is 12.5 Å². The van der Waals surface area contributed by atoms with Crippen LogP contribution in [0, 0.1) is 11.8 Å². The van der Waals surface area contributed by atoms with Gasteiger partial charge in [0.05, 0.1) is 24.2 Å². The minimum atomic E-state index is -0.912. The number of imidazole rings is 1. The number of benzene rings is 1. The summed E-state index contributed by atoms with van der Waals surface area (Å²) in [6, 6.07) is 7.29. The summed E-state index contributed by atoms with van der Waals surface area (Å²) in [5.74, 6) is 0.381. The fourth-order valence-corrected chi connectivity index (χ4v) is 6.28. The first kappa shape index (κ1) is 23.1. The Morgan fingerprint density at radius 2 is 2.06 bits per heavy atom. The molecule has 3 N–H and O–H groups in total. The highest BCUT2D eigenvalue weighted by atomic mass is 32.1. The average molecular weight is 508 g/mol. The molecule has 1 saturated carbocycles. The Labute approximate surface area is 212 Å². The van der Waals surface area contributed by atoms with E-state index in [1.54, 1.807) is 35.5 Å². The topological polar surface area (TPSA) is 116 Å². The molecule has 1 aliphatic carbocycles. The number of carboxylic acid groups (broad SMARTS) is 1. The highest BCUT2D eigenvalue weighted by Crippen LogP contribution is 2.39. The third kappa shape index (κ3) is 3.75. The molecule has 2 fully saturated rings. The first-order valence-corrected chi connectivity index (χ1v) is 13.1. The molecule has 1 amide bonds. The molecule has 1 aliphatic heterocycles. The SMILES string of the molecule is COc1cc(C(=O)N2CC[C@@H](C(=O)O)[C@@H](N)C2)cc2nc(-c3cc4ccsc4n3CC3CC3)n(C)c12. The van der Waals surface area contributed by atoms with Crippen LogP contribution < -0.4 is 10.5 Å². The number of carbonyl (C=O) groups excluding carboxylic acids is 1. The Morgan fingerprint density at radius 3 is 2.75 bits per heavy atom. The quantitative estimate of drug-likeness (QED) is 0.412. The Morgan fingerprint density at radius 1 is 1.25 bits per heavy atom. The van der Waals surface area contributed by atoms with Crippen LogP contribution in [0.1, 0.15) is 29.6 Å². The van der Waals surface area contributed by atoms with Crippen LogP contribution in [0.15, 0.2) is 29.6 Å². The van der Waals surface area contributed by atoms with Crippen molar-refractivity contribution in [2.45, 2.75) is 31.8 Å². The monoisotopic (exact) mass is 507 g/mol. The largest absolute Gasteiger partial charge is 0.494 e. The number of aliphatic carboxylic acids is 1. The molecule has 4 aromatic rings. The number of thiophene rings is 1. The van der Waals surface area contributed by atoms with Crippen molar-refractivity contribution in [1.82, 2.24) is 19.0 Å². The van der Waals surface area contributed by atoms with E-state index in [0.717, 1.165) is 23.6 Å². The van der Waals surface area contributed by atoms with Crippen molar-refractivity contribution in [1.29, 1.82) is 0 Å². The van der Waals surface area contributed by atoms with Crippen LogP contribution >= 0.6 is 11.3 Å². The van der Waals surface area contributed by atoms with Gasteiger partial charge in [-0.15, -0.1) is 11.3 Å². The smallest absolute Gasteiger partial charge is 0.308 e. The molecule has 2 aliphatic rings. The van der Waals surface area contributed by atoms with E-state index in [4.69, 9.17) is 15.5 Å². The van der Waals surface area contributed by atoms with Gasteiger partial charge in [-0.2, -0.15) is 0 Å². The number of likely N-dealkylation sites (tertiary alicyclic amines) is 1.